The molecule has 0 aromatic carbocycles. The largest absolute Gasteiger partial charge is 0.353 e. The van der Waals surface area contributed by atoms with E-state index in [4.69, 9.17) is 12.2 Å². The number of aromatic nitrogens is 3. The van der Waals surface area contributed by atoms with Gasteiger partial charge in [-0.2, -0.15) is 0 Å². The summed E-state index contributed by atoms with van der Waals surface area (Å²) in [6.45, 7) is 3.87. The first-order valence-electron chi connectivity index (χ1n) is 3.91. The summed E-state index contributed by atoms with van der Waals surface area (Å²) >= 11 is 4.87. The van der Waals surface area contributed by atoms with E-state index in [-0.39, 0.29) is 5.56 Å². The van der Waals surface area contributed by atoms with Crippen LogP contribution in [0.15, 0.2) is 4.79 Å². The molecular weight excluding hydrogens is 186 g/mol. The average molecular weight is 195 g/mol. The Hall–Kier alpha value is -1.36. The third-order valence-electron chi connectivity index (χ3n) is 2.19. The zero-order valence-electron chi connectivity index (χ0n) is 7.32. The normalized spacial score (nSPS) is 10.9. The van der Waals surface area contributed by atoms with Crippen LogP contribution in [-0.4, -0.2) is 15.0 Å². The van der Waals surface area contributed by atoms with Crippen molar-refractivity contribution in [3.8, 4) is 0 Å². The van der Waals surface area contributed by atoms with E-state index >= 15 is 0 Å². The van der Waals surface area contributed by atoms with Gasteiger partial charge in [0, 0.05) is 5.69 Å². The molecule has 2 heterocycles. The van der Waals surface area contributed by atoms with E-state index < -0.39 is 0 Å². The molecule has 2 rings (SSSR count). The minimum Gasteiger partial charge on any atom is -0.353 e. The van der Waals surface area contributed by atoms with Crippen molar-refractivity contribution in [1.82, 2.24) is 15.0 Å². The lowest BCUT2D eigenvalue weighted by Crippen LogP contribution is -2.07. The van der Waals surface area contributed by atoms with E-state index in [0.717, 1.165) is 16.8 Å². The standard InChI is InChI=1S/C8H9N3OS/c1-3-4(2)9-6-5(3)10-8(13)11-7(6)12/h9H,1-2H3,(H2,10,11,12,13). The Bertz CT molecular complexity index is 575. The maximum Gasteiger partial charge on any atom is 0.276 e. The monoisotopic (exact) mass is 195 g/mol. The number of hydrogen-bond donors (Lipinski definition) is 3. The van der Waals surface area contributed by atoms with Crippen molar-refractivity contribution < 1.29 is 0 Å². The first-order valence-corrected chi connectivity index (χ1v) is 4.32. The second-order valence-electron chi connectivity index (χ2n) is 3.03. The molecule has 5 heteroatoms. The summed E-state index contributed by atoms with van der Waals surface area (Å²) in [5.74, 6) is 0. The minimum atomic E-state index is -0.171. The van der Waals surface area contributed by atoms with Crippen LogP contribution in [0.4, 0.5) is 0 Å². The van der Waals surface area contributed by atoms with Gasteiger partial charge in [0.25, 0.3) is 5.56 Å². The zero-order valence-corrected chi connectivity index (χ0v) is 8.13. The highest BCUT2D eigenvalue weighted by Gasteiger charge is 2.06. The van der Waals surface area contributed by atoms with Gasteiger partial charge in [0.05, 0.1) is 5.52 Å². The van der Waals surface area contributed by atoms with Crippen LogP contribution in [0.2, 0.25) is 0 Å². The lowest BCUT2D eigenvalue weighted by molar-refractivity contribution is 1.13. The smallest absolute Gasteiger partial charge is 0.276 e. The van der Waals surface area contributed by atoms with Crippen molar-refractivity contribution in [3.63, 3.8) is 0 Å². The Balaban J connectivity index is 3.12. The van der Waals surface area contributed by atoms with E-state index in [1.807, 2.05) is 13.8 Å². The van der Waals surface area contributed by atoms with Crippen molar-refractivity contribution in [2.45, 2.75) is 13.8 Å². The number of H-pyrrole nitrogens is 3. The number of aromatic amines is 3. The molecule has 0 atom stereocenters. The van der Waals surface area contributed by atoms with E-state index in [2.05, 4.69) is 15.0 Å². The van der Waals surface area contributed by atoms with Crippen LogP contribution in [-0.2, 0) is 0 Å². The molecule has 0 saturated carbocycles. The zero-order chi connectivity index (χ0) is 9.59. The van der Waals surface area contributed by atoms with Crippen molar-refractivity contribution in [2.24, 2.45) is 0 Å². The fraction of sp³-hybridized carbons (Fsp3) is 0.250. The molecule has 0 radical (unpaired) electrons. The van der Waals surface area contributed by atoms with Gasteiger partial charge in [-0.25, -0.2) is 0 Å². The van der Waals surface area contributed by atoms with Crippen LogP contribution >= 0.6 is 12.2 Å². The van der Waals surface area contributed by atoms with Gasteiger partial charge >= 0.3 is 0 Å². The molecule has 4 nitrogen and oxygen atoms in total. The maximum absolute atomic E-state index is 11.4. The van der Waals surface area contributed by atoms with Crippen molar-refractivity contribution in [3.05, 3.63) is 26.4 Å². The Morgan fingerprint density at radius 1 is 1.08 bits per heavy atom. The van der Waals surface area contributed by atoms with Gasteiger partial charge in [-0.1, -0.05) is 0 Å². The molecule has 0 aliphatic heterocycles. The van der Waals surface area contributed by atoms with E-state index in [1.165, 1.54) is 0 Å². The molecule has 2 aromatic rings. The van der Waals surface area contributed by atoms with Crippen LogP contribution in [0.1, 0.15) is 11.3 Å². The van der Waals surface area contributed by atoms with Gasteiger partial charge in [-0.15, -0.1) is 0 Å². The molecule has 0 bridgehead atoms. The number of aryl methyl sites for hydroxylation is 2. The summed E-state index contributed by atoms with van der Waals surface area (Å²) in [6.07, 6.45) is 0. The van der Waals surface area contributed by atoms with Crippen molar-refractivity contribution in [2.75, 3.05) is 0 Å². The number of nitrogens with one attached hydrogen (secondary N) is 3. The Morgan fingerprint density at radius 2 is 1.77 bits per heavy atom. The van der Waals surface area contributed by atoms with Crippen LogP contribution in [0.5, 0.6) is 0 Å². The SMILES string of the molecule is Cc1[nH]c2c(=O)[nH]c(=S)[nH]c2c1C. The van der Waals surface area contributed by atoms with Crippen molar-refractivity contribution >= 4 is 23.3 Å². The number of rotatable bonds is 0. The maximum atomic E-state index is 11.4. The molecule has 68 valence electrons. The van der Waals surface area contributed by atoms with Gasteiger partial charge < -0.3 is 9.97 Å². The van der Waals surface area contributed by atoms with Crippen LogP contribution in [0, 0.1) is 18.6 Å². The second kappa shape index (κ2) is 2.56. The molecule has 3 N–H and O–H groups in total. The second-order valence-corrected chi connectivity index (χ2v) is 3.44. The highest BCUT2D eigenvalue weighted by atomic mass is 32.1. The molecule has 0 fully saturated rings. The third-order valence-corrected chi connectivity index (χ3v) is 2.40. The number of hydrogen-bond acceptors (Lipinski definition) is 2. The summed E-state index contributed by atoms with van der Waals surface area (Å²) < 4.78 is 0.361. The Labute approximate surface area is 79.0 Å². The fourth-order valence-corrected chi connectivity index (χ4v) is 1.55. The highest BCUT2D eigenvalue weighted by Crippen LogP contribution is 2.14. The Morgan fingerprint density at radius 3 is 2.46 bits per heavy atom. The summed E-state index contributed by atoms with van der Waals surface area (Å²) in [5, 5.41) is 0. The van der Waals surface area contributed by atoms with Crippen LogP contribution in [0.3, 0.4) is 0 Å². The molecule has 2 aromatic heterocycles. The lowest BCUT2D eigenvalue weighted by Gasteiger charge is -1.90. The minimum absolute atomic E-state index is 0.171. The summed E-state index contributed by atoms with van der Waals surface area (Å²) in [6, 6.07) is 0. The van der Waals surface area contributed by atoms with E-state index in [1.54, 1.807) is 0 Å². The summed E-state index contributed by atoms with van der Waals surface area (Å²) in [7, 11) is 0. The molecule has 13 heavy (non-hydrogen) atoms. The highest BCUT2D eigenvalue weighted by molar-refractivity contribution is 7.71. The van der Waals surface area contributed by atoms with Gasteiger partial charge in [0.2, 0.25) is 0 Å². The molecular formula is C8H9N3OS. The third kappa shape index (κ3) is 1.12. The van der Waals surface area contributed by atoms with Crippen LogP contribution < -0.4 is 5.56 Å². The predicted molar refractivity (Wildman–Crippen MR) is 53.6 cm³/mol. The van der Waals surface area contributed by atoms with Crippen LogP contribution in [0.25, 0.3) is 11.0 Å². The average Bonchev–Trinajstić information content (AvgIpc) is 2.32. The summed E-state index contributed by atoms with van der Waals surface area (Å²) in [5.41, 5.74) is 3.20. The number of fused-ring (bicyclic) bond motifs is 1. The first-order chi connectivity index (χ1) is 6.09. The fourth-order valence-electron chi connectivity index (χ4n) is 1.36. The van der Waals surface area contributed by atoms with E-state index in [0.29, 0.717) is 10.3 Å². The Kier molecular flexibility index (Phi) is 1.63. The molecule has 0 aliphatic carbocycles. The first kappa shape index (κ1) is 8.25. The quantitative estimate of drug-likeness (QED) is 0.558. The topological polar surface area (TPSA) is 64.4 Å². The van der Waals surface area contributed by atoms with Gasteiger partial charge in [-0.05, 0) is 31.6 Å². The molecule has 0 unspecified atom stereocenters. The van der Waals surface area contributed by atoms with Gasteiger partial charge in [0.15, 0.2) is 4.77 Å². The predicted octanol–water partition coefficient (Wildman–Crippen LogP) is 1.53. The molecule has 0 spiro atoms. The van der Waals surface area contributed by atoms with Gasteiger partial charge in [-0.3, -0.25) is 9.78 Å². The van der Waals surface area contributed by atoms with Gasteiger partial charge in [0.1, 0.15) is 5.52 Å². The van der Waals surface area contributed by atoms with Crippen molar-refractivity contribution in [1.29, 1.82) is 0 Å². The molecule has 0 amide bonds. The van der Waals surface area contributed by atoms with E-state index in [9.17, 15) is 4.79 Å². The summed E-state index contributed by atoms with van der Waals surface area (Å²) in [4.78, 5) is 19.9. The molecule has 0 aliphatic rings. The molecule has 0 saturated heterocycles. The lowest BCUT2D eigenvalue weighted by atomic mass is 10.2.